The van der Waals surface area contributed by atoms with Crippen LogP contribution >= 0.6 is 39.7 Å². The van der Waals surface area contributed by atoms with E-state index in [9.17, 15) is 0 Å². The Morgan fingerprint density at radius 3 is 2.33 bits per heavy atom. The SMILES string of the molecule is CC(NC(=S)Nc1ccc(Br)cc1Cl)C12CC3CC(CC(C3)C1)C2. The highest BCUT2D eigenvalue weighted by Crippen LogP contribution is 2.61. The summed E-state index contributed by atoms with van der Waals surface area (Å²) < 4.78 is 0.971. The summed E-state index contributed by atoms with van der Waals surface area (Å²) >= 11 is 15.3. The number of benzene rings is 1. The Morgan fingerprint density at radius 2 is 1.79 bits per heavy atom. The normalized spacial score (nSPS) is 34.9. The van der Waals surface area contributed by atoms with Gasteiger partial charge in [-0.2, -0.15) is 0 Å². The van der Waals surface area contributed by atoms with Gasteiger partial charge in [0.05, 0.1) is 10.7 Å². The van der Waals surface area contributed by atoms with Crippen LogP contribution in [0.25, 0.3) is 0 Å². The lowest BCUT2D eigenvalue weighted by Crippen LogP contribution is -2.56. The highest BCUT2D eigenvalue weighted by Gasteiger charge is 2.53. The third-order valence-electron chi connectivity index (χ3n) is 6.53. The Bertz CT molecular complexity index is 627. The molecule has 1 unspecified atom stereocenters. The lowest BCUT2D eigenvalue weighted by atomic mass is 9.48. The van der Waals surface area contributed by atoms with Crippen LogP contribution in [0.15, 0.2) is 22.7 Å². The van der Waals surface area contributed by atoms with Crippen molar-refractivity contribution in [3.05, 3.63) is 27.7 Å². The number of halogens is 2. The molecule has 0 spiro atoms. The summed E-state index contributed by atoms with van der Waals surface area (Å²) in [4.78, 5) is 0. The molecule has 1 aromatic carbocycles. The molecule has 0 saturated heterocycles. The van der Waals surface area contributed by atoms with Crippen molar-refractivity contribution >= 4 is 50.5 Å². The van der Waals surface area contributed by atoms with E-state index in [4.69, 9.17) is 23.8 Å². The van der Waals surface area contributed by atoms with Gasteiger partial charge in [0.1, 0.15) is 0 Å². The number of thiocarbonyl (C=S) groups is 1. The Labute approximate surface area is 163 Å². The third kappa shape index (κ3) is 3.22. The molecule has 4 saturated carbocycles. The van der Waals surface area contributed by atoms with Gasteiger partial charge in [-0.15, -0.1) is 0 Å². The molecule has 4 aliphatic rings. The van der Waals surface area contributed by atoms with Crippen molar-refractivity contribution in [1.29, 1.82) is 0 Å². The van der Waals surface area contributed by atoms with Crippen LogP contribution in [-0.2, 0) is 0 Å². The fourth-order valence-corrected chi connectivity index (χ4v) is 6.81. The van der Waals surface area contributed by atoms with E-state index in [-0.39, 0.29) is 0 Å². The maximum Gasteiger partial charge on any atom is 0.171 e. The minimum absolute atomic E-state index is 0.417. The van der Waals surface area contributed by atoms with Gasteiger partial charge >= 0.3 is 0 Å². The quantitative estimate of drug-likeness (QED) is 0.579. The van der Waals surface area contributed by atoms with Crippen molar-refractivity contribution in [1.82, 2.24) is 5.32 Å². The summed E-state index contributed by atoms with van der Waals surface area (Å²) in [5.74, 6) is 2.88. The van der Waals surface area contributed by atoms with Crippen molar-refractivity contribution in [2.24, 2.45) is 23.2 Å². The minimum atomic E-state index is 0.417. The zero-order valence-electron chi connectivity index (χ0n) is 13.9. The number of rotatable bonds is 3. The van der Waals surface area contributed by atoms with Crippen LogP contribution in [0.2, 0.25) is 5.02 Å². The third-order valence-corrected chi connectivity index (χ3v) is 7.56. The van der Waals surface area contributed by atoms with Crippen LogP contribution in [0, 0.1) is 23.2 Å². The fraction of sp³-hybridized carbons (Fsp3) is 0.632. The lowest BCUT2D eigenvalue weighted by Gasteiger charge is -2.59. The van der Waals surface area contributed by atoms with E-state index in [1.165, 1.54) is 38.5 Å². The molecule has 130 valence electrons. The summed E-state index contributed by atoms with van der Waals surface area (Å²) in [6.07, 6.45) is 8.58. The van der Waals surface area contributed by atoms with E-state index < -0.39 is 0 Å². The molecule has 0 aliphatic heterocycles. The van der Waals surface area contributed by atoms with E-state index in [2.05, 4.69) is 33.5 Å². The minimum Gasteiger partial charge on any atom is -0.359 e. The largest absolute Gasteiger partial charge is 0.359 e. The highest BCUT2D eigenvalue weighted by atomic mass is 79.9. The average molecular weight is 428 g/mol. The summed E-state index contributed by atoms with van der Waals surface area (Å²) in [6.45, 7) is 2.32. The highest BCUT2D eigenvalue weighted by molar-refractivity contribution is 9.10. The number of anilines is 1. The van der Waals surface area contributed by atoms with Gasteiger partial charge in [-0.3, -0.25) is 0 Å². The summed E-state index contributed by atoms with van der Waals surface area (Å²) in [6, 6.07) is 6.23. The second-order valence-electron chi connectivity index (χ2n) is 8.22. The van der Waals surface area contributed by atoms with Gasteiger partial charge < -0.3 is 10.6 Å². The van der Waals surface area contributed by atoms with Gasteiger partial charge in [-0.05, 0) is 99.0 Å². The average Bonchev–Trinajstić information content (AvgIpc) is 2.48. The monoisotopic (exact) mass is 426 g/mol. The topological polar surface area (TPSA) is 24.1 Å². The molecular formula is C19H24BrClN2S. The number of hydrogen-bond donors (Lipinski definition) is 2. The van der Waals surface area contributed by atoms with Crippen molar-refractivity contribution < 1.29 is 0 Å². The van der Waals surface area contributed by atoms with E-state index in [0.717, 1.165) is 27.9 Å². The van der Waals surface area contributed by atoms with Crippen LogP contribution in [0.1, 0.15) is 45.4 Å². The molecule has 4 fully saturated rings. The zero-order chi connectivity index (χ0) is 16.9. The predicted molar refractivity (Wildman–Crippen MR) is 109 cm³/mol. The lowest BCUT2D eigenvalue weighted by molar-refractivity contribution is -0.0671. The van der Waals surface area contributed by atoms with Crippen LogP contribution in [0.4, 0.5) is 5.69 Å². The van der Waals surface area contributed by atoms with Gasteiger partial charge in [0.15, 0.2) is 5.11 Å². The van der Waals surface area contributed by atoms with E-state index >= 15 is 0 Å². The molecule has 4 aliphatic carbocycles. The van der Waals surface area contributed by atoms with Crippen molar-refractivity contribution in [2.75, 3.05) is 5.32 Å². The number of hydrogen-bond acceptors (Lipinski definition) is 1. The molecule has 0 aromatic heterocycles. The van der Waals surface area contributed by atoms with Crippen molar-refractivity contribution in [2.45, 2.75) is 51.5 Å². The molecule has 4 bridgehead atoms. The Hall–Kier alpha value is -0.320. The summed E-state index contributed by atoms with van der Waals surface area (Å²) in [5, 5.41) is 8.20. The molecule has 1 aromatic rings. The van der Waals surface area contributed by atoms with Crippen LogP contribution in [0.3, 0.4) is 0 Å². The molecule has 1 atom stereocenters. The second-order valence-corrected chi connectivity index (χ2v) is 9.96. The Morgan fingerprint density at radius 1 is 1.21 bits per heavy atom. The summed E-state index contributed by atoms with van der Waals surface area (Å²) in [5.41, 5.74) is 1.30. The maximum atomic E-state index is 6.29. The van der Waals surface area contributed by atoms with Gasteiger partial charge in [0.25, 0.3) is 0 Å². The van der Waals surface area contributed by atoms with Gasteiger partial charge in [-0.25, -0.2) is 0 Å². The molecule has 0 heterocycles. The molecule has 0 radical (unpaired) electrons. The van der Waals surface area contributed by atoms with Gasteiger partial charge in [0.2, 0.25) is 0 Å². The molecule has 24 heavy (non-hydrogen) atoms. The van der Waals surface area contributed by atoms with Crippen molar-refractivity contribution in [3.8, 4) is 0 Å². The van der Waals surface area contributed by atoms with Gasteiger partial charge in [-0.1, -0.05) is 27.5 Å². The van der Waals surface area contributed by atoms with Crippen LogP contribution < -0.4 is 10.6 Å². The first-order chi connectivity index (χ1) is 11.4. The van der Waals surface area contributed by atoms with Gasteiger partial charge in [0, 0.05) is 10.5 Å². The standard InChI is InChI=1S/C19H24BrClN2S/c1-11(19-8-12-4-13(9-19)6-14(5-12)10-19)22-18(24)23-17-3-2-15(20)7-16(17)21/h2-3,7,11-14H,4-6,8-10H2,1H3,(H2,22,23,24). The van der Waals surface area contributed by atoms with Crippen LogP contribution in [-0.4, -0.2) is 11.2 Å². The Kier molecular flexibility index (Phi) is 4.59. The second kappa shape index (κ2) is 6.44. The molecular weight excluding hydrogens is 404 g/mol. The van der Waals surface area contributed by atoms with Crippen molar-refractivity contribution in [3.63, 3.8) is 0 Å². The molecule has 2 nitrogen and oxygen atoms in total. The first kappa shape index (κ1) is 17.1. The molecule has 5 heteroatoms. The van der Waals surface area contributed by atoms with E-state index in [1.807, 2.05) is 18.2 Å². The predicted octanol–water partition coefficient (Wildman–Crippen LogP) is 5.99. The molecule has 5 rings (SSSR count). The Balaban J connectivity index is 1.42. The first-order valence-corrected chi connectivity index (χ1v) is 10.5. The smallest absolute Gasteiger partial charge is 0.171 e. The molecule has 0 amide bonds. The maximum absolute atomic E-state index is 6.29. The first-order valence-electron chi connectivity index (χ1n) is 8.96. The van der Waals surface area contributed by atoms with E-state index in [0.29, 0.717) is 21.6 Å². The zero-order valence-corrected chi connectivity index (χ0v) is 17.1. The van der Waals surface area contributed by atoms with Crippen LogP contribution in [0.5, 0.6) is 0 Å². The number of nitrogens with one attached hydrogen (secondary N) is 2. The van der Waals surface area contributed by atoms with E-state index in [1.54, 1.807) is 0 Å². The fourth-order valence-electron chi connectivity index (χ4n) is 5.81. The summed E-state index contributed by atoms with van der Waals surface area (Å²) in [7, 11) is 0. The molecule has 2 N–H and O–H groups in total.